The highest BCUT2D eigenvalue weighted by atomic mass is 16.5. The Morgan fingerprint density at radius 1 is 1.12 bits per heavy atom. The first-order valence-electron chi connectivity index (χ1n) is 8.53. The van der Waals surface area contributed by atoms with Crippen LogP contribution in [-0.2, 0) is 4.79 Å². The molecule has 26 heavy (non-hydrogen) atoms. The van der Waals surface area contributed by atoms with Gasteiger partial charge in [-0.25, -0.2) is 5.43 Å². The molecule has 0 fully saturated rings. The van der Waals surface area contributed by atoms with E-state index in [2.05, 4.69) is 17.5 Å². The molecule has 0 heterocycles. The van der Waals surface area contributed by atoms with E-state index in [0.717, 1.165) is 18.4 Å². The highest BCUT2D eigenvalue weighted by Crippen LogP contribution is 2.27. The molecule has 138 valence electrons. The van der Waals surface area contributed by atoms with Gasteiger partial charge >= 0.3 is 0 Å². The van der Waals surface area contributed by atoms with Gasteiger partial charge < -0.3 is 14.2 Å². The summed E-state index contributed by atoms with van der Waals surface area (Å²) in [6.45, 7) is 2.66. The van der Waals surface area contributed by atoms with Gasteiger partial charge in [-0.2, -0.15) is 5.10 Å². The SMILES string of the molecule is CCCCOc1ccc(/C=N\NC(=O)COc2ccccc2)cc1OC. The molecule has 6 heteroatoms. The second-order valence-corrected chi connectivity index (χ2v) is 5.51. The van der Waals surface area contributed by atoms with Crippen molar-refractivity contribution in [3.63, 3.8) is 0 Å². The van der Waals surface area contributed by atoms with Gasteiger partial charge in [0.25, 0.3) is 5.91 Å². The first-order valence-corrected chi connectivity index (χ1v) is 8.53. The van der Waals surface area contributed by atoms with Gasteiger partial charge in [-0.05, 0) is 42.3 Å². The molecule has 0 atom stereocenters. The molecule has 0 spiro atoms. The number of carbonyl (C=O) groups is 1. The van der Waals surface area contributed by atoms with Crippen molar-refractivity contribution in [3.05, 3.63) is 54.1 Å². The minimum absolute atomic E-state index is 0.102. The lowest BCUT2D eigenvalue weighted by molar-refractivity contribution is -0.123. The molecular formula is C20H24N2O4. The third-order valence-corrected chi connectivity index (χ3v) is 3.46. The van der Waals surface area contributed by atoms with Gasteiger partial charge in [0.05, 0.1) is 19.9 Å². The second kappa shape index (κ2) is 10.8. The number of amides is 1. The molecule has 0 radical (unpaired) electrons. The monoisotopic (exact) mass is 356 g/mol. The van der Waals surface area contributed by atoms with Crippen molar-refractivity contribution < 1.29 is 19.0 Å². The van der Waals surface area contributed by atoms with Crippen LogP contribution in [0.4, 0.5) is 0 Å². The fourth-order valence-corrected chi connectivity index (χ4v) is 2.09. The van der Waals surface area contributed by atoms with Gasteiger partial charge in [0.2, 0.25) is 0 Å². The van der Waals surface area contributed by atoms with Crippen molar-refractivity contribution in [2.24, 2.45) is 5.10 Å². The molecule has 0 saturated carbocycles. The fraction of sp³-hybridized carbons (Fsp3) is 0.300. The maximum atomic E-state index is 11.7. The zero-order chi connectivity index (χ0) is 18.6. The average Bonchev–Trinajstić information content (AvgIpc) is 2.68. The molecular weight excluding hydrogens is 332 g/mol. The molecule has 1 N–H and O–H groups in total. The largest absolute Gasteiger partial charge is 0.493 e. The summed E-state index contributed by atoms with van der Waals surface area (Å²) in [6.07, 6.45) is 3.60. The molecule has 6 nitrogen and oxygen atoms in total. The number of hydrogen-bond donors (Lipinski definition) is 1. The minimum Gasteiger partial charge on any atom is -0.493 e. The van der Waals surface area contributed by atoms with E-state index in [0.29, 0.717) is 23.9 Å². The van der Waals surface area contributed by atoms with Crippen molar-refractivity contribution in [3.8, 4) is 17.2 Å². The van der Waals surface area contributed by atoms with Crippen LogP contribution in [0.3, 0.4) is 0 Å². The lowest BCUT2D eigenvalue weighted by Gasteiger charge is -2.10. The number of ether oxygens (including phenoxy) is 3. The van der Waals surface area contributed by atoms with Crippen molar-refractivity contribution in [1.82, 2.24) is 5.43 Å². The Morgan fingerprint density at radius 2 is 1.92 bits per heavy atom. The van der Waals surface area contributed by atoms with Gasteiger partial charge in [0.15, 0.2) is 18.1 Å². The Labute approximate surface area is 153 Å². The number of carbonyl (C=O) groups excluding carboxylic acids is 1. The standard InChI is InChI=1S/C20H24N2O4/c1-3-4-12-25-18-11-10-16(13-19(18)24-2)14-21-22-20(23)15-26-17-8-6-5-7-9-17/h5-11,13-14H,3-4,12,15H2,1-2H3,(H,22,23)/b21-14-. The van der Waals surface area contributed by atoms with Crippen LogP contribution >= 0.6 is 0 Å². The van der Waals surface area contributed by atoms with Gasteiger partial charge in [0, 0.05) is 0 Å². The fourth-order valence-electron chi connectivity index (χ4n) is 2.09. The number of unbranched alkanes of at least 4 members (excludes halogenated alkanes) is 1. The predicted octanol–water partition coefficient (Wildman–Crippen LogP) is 3.40. The normalized spacial score (nSPS) is 10.5. The highest BCUT2D eigenvalue weighted by Gasteiger charge is 2.05. The van der Waals surface area contributed by atoms with Gasteiger partial charge in [-0.1, -0.05) is 31.5 Å². The summed E-state index contributed by atoms with van der Waals surface area (Å²) < 4.78 is 16.4. The Hall–Kier alpha value is -3.02. The molecule has 2 aromatic carbocycles. The van der Waals surface area contributed by atoms with Crippen LogP contribution in [0.15, 0.2) is 53.6 Å². The zero-order valence-corrected chi connectivity index (χ0v) is 15.1. The first kappa shape index (κ1) is 19.3. The van der Waals surface area contributed by atoms with Crippen LogP contribution in [0, 0.1) is 0 Å². The van der Waals surface area contributed by atoms with E-state index in [-0.39, 0.29) is 12.5 Å². The maximum Gasteiger partial charge on any atom is 0.277 e. The van der Waals surface area contributed by atoms with Crippen LogP contribution in [0.25, 0.3) is 0 Å². The highest BCUT2D eigenvalue weighted by molar-refractivity contribution is 5.83. The Morgan fingerprint density at radius 3 is 2.65 bits per heavy atom. The van der Waals surface area contributed by atoms with Crippen molar-refractivity contribution in [2.75, 3.05) is 20.3 Å². The molecule has 0 aliphatic rings. The number of hydrogen-bond acceptors (Lipinski definition) is 5. The third-order valence-electron chi connectivity index (χ3n) is 3.46. The van der Waals surface area contributed by atoms with Crippen LogP contribution in [0.5, 0.6) is 17.2 Å². The number of nitrogens with one attached hydrogen (secondary N) is 1. The van der Waals surface area contributed by atoms with E-state index in [1.54, 1.807) is 31.5 Å². The second-order valence-electron chi connectivity index (χ2n) is 5.51. The number of para-hydroxylation sites is 1. The average molecular weight is 356 g/mol. The summed E-state index contributed by atoms with van der Waals surface area (Å²) in [5, 5.41) is 3.93. The van der Waals surface area contributed by atoms with Crippen LogP contribution in [0.1, 0.15) is 25.3 Å². The molecule has 1 amide bonds. The number of rotatable bonds is 10. The van der Waals surface area contributed by atoms with E-state index in [4.69, 9.17) is 14.2 Å². The van der Waals surface area contributed by atoms with E-state index >= 15 is 0 Å². The summed E-state index contributed by atoms with van der Waals surface area (Å²) in [4.78, 5) is 11.7. The van der Waals surface area contributed by atoms with Gasteiger partial charge in [-0.3, -0.25) is 4.79 Å². The lowest BCUT2D eigenvalue weighted by Crippen LogP contribution is -2.24. The summed E-state index contributed by atoms with van der Waals surface area (Å²) in [7, 11) is 1.59. The van der Waals surface area contributed by atoms with Gasteiger partial charge in [-0.15, -0.1) is 0 Å². The number of hydrazone groups is 1. The Balaban J connectivity index is 1.84. The van der Waals surface area contributed by atoms with E-state index in [9.17, 15) is 4.79 Å². The molecule has 0 aliphatic heterocycles. The summed E-state index contributed by atoms with van der Waals surface area (Å²) in [6, 6.07) is 14.6. The predicted molar refractivity (Wildman–Crippen MR) is 101 cm³/mol. The molecule has 0 aliphatic carbocycles. The molecule has 0 bridgehead atoms. The first-order chi connectivity index (χ1) is 12.7. The number of methoxy groups -OCH3 is 1. The van der Waals surface area contributed by atoms with Crippen LogP contribution < -0.4 is 19.6 Å². The quantitative estimate of drug-likeness (QED) is 0.402. The Bertz CT molecular complexity index is 717. The van der Waals surface area contributed by atoms with E-state index in [1.807, 2.05) is 30.3 Å². The van der Waals surface area contributed by atoms with E-state index < -0.39 is 0 Å². The maximum absolute atomic E-state index is 11.7. The minimum atomic E-state index is -0.336. The van der Waals surface area contributed by atoms with Crippen LogP contribution in [0.2, 0.25) is 0 Å². The zero-order valence-electron chi connectivity index (χ0n) is 15.1. The van der Waals surface area contributed by atoms with Crippen molar-refractivity contribution in [1.29, 1.82) is 0 Å². The van der Waals surface area contributed by atoms with E-state index in [1.165, 1.54) is 0 Å². The molecule has 2 rings (SSSR count). The molecule has 0 saturated heterocycles. The summed E-state index contributed by atoms with van der Waals surface area (Å²) >= 11 is 0. The molecule has 2 aromatic rings. The Kier molecular flexibility index (Phi) is 7.99. The summed E-state index contributed by atoms with van der Waals surface area (Å²) in [5.41, 5.74) is 3.21. The smallest absolute Gasteiger partial charge is 0.277 e. The van der Waals surface area contributed by atoms with Crippen molar-refractivity contribution >= 4 is 12.1 Å². The lowest BCUT2D eigenvalue weighted by atomic mass is 10.2. The topological polar surface area (TPSA) is 69.2 Å². The molecule has 0 unspecified atom stereocenters. The van der Waals surface area contributed by atoms with Crippen molar-refractivity contribution in [2.45, 2.75) is 19.8 Å². The number of nitrogens with zero attached hydrogens (tertiary/aromatic N) is 1. The van der Waals surface area contributed by atoms with Crippen LogP contribution in [-0.4, -0.2) is 32.4 Å². The third kappa shape index (κ3) is 6.47. The summed E-state index contributed by atoms with van der Waals surface area (Å²) in [5.74, 6) is 1.62. The van der Waals surface area contributed by atoms with Gasteiger partial charge in [0.1, 0.15) is 5.75 Å². The molecule has 0 aromatic heterocycles. The number of benzene rings is 2.